The number of carboxylic acid groups (broad SMARTS) is 1. The number of anilines is 2. The van der Waals surface area contributed by atoms with Gasteiger partial charge in [0.15, 0.2) is 11.6 Å². The smallest absolute Gasteiger partial charge is 0.309 e. The second-order valence-corrected chi connectivity index (χ2v) is 11.7. The lowest BCUT2D eigenvalue weighted by Crippen LogP contribution is -2.58. The van der Waals surface area contributed by atoms with Crippen molar-refractivity contribution in [3.63, 3.8) is 0 Å². The first kappa shape index (κ1) is 25.5. The van der Waals surface area contributed by atoms with Crippen LogP contribution in [0.15, 0.2) is 24.4 Å². The van der Waals surface area contributed by atoms with Crippen molar-refractivity contribution in [1.29, 1.82) is 0 Å². The summed E-state index contributed by atoms with van der Waals surface area (Å²) < 4.78 is 14.5. The maximum absolute atomic E-state index is 14.5. The van der Waals surface area contributed by atoms with Crippen molar-refractivity contribution in [2.24, 2.45) is 17.3 Å². The standard InChI is InChI=1S/C26H32Cl2FN5O2/c1-15(20-6-5-18(27)8-21(20)28)31-23-22(29)11-30-25(32-23)34-13-17(14-34)16-4-3-7-33(12-16)19-9-26(2,10-19)24(35)36/h5-6,8,11,15-17,19H,3-4,7,9-10,12-14H2,1-2H3,(H,35,36)(H,30,31,32). The number of hydrogen-bond donors (Lipinski definition) is 2. The third-order valence-corrected chi connectivity index (χ3v) is 8.83. The van der Waals surface area contributed by atoms with E-state index in [2.05, 4.69) is 25.1 Å². The van der Waals surface area contributed by atoms with Gasteiger partial charge in [-0.05, 0) is 75.6 Å². The van der Waals surface area contributed by atoms with Gasteiger partial charge < -0.3 is 20.2 Å². The molecule has 3 aliphatic rings. The summed E-state index contributed by atoms with van der Waals surface area (Å²) in [6.07, 6.45) is 5.03. The Labute approximate surface area is 221 Å². The van der Waals surface area contributed by atoms with E-state index in [-0.39, 0.29) is 11.9 Å². The van der Waals surface area contributed by atoms with Crippen LogP contribution in [-0.4, -0.2) is 58.2 Å². The van der Waals surface area contributed by atoms with Gasteiger partial charge in [0.1, 0.15) is 0 Å². The molecule has 7 nitrogen and oxygen atoms in total. The van der Waals surface area contributed by atoms with Crippen LogP contribution in [0.1, 0.15) is 51.1 Å². The summed E-state index contributed by atoms with van der Waals surface area (Å²) in [6, 6.07) is 5.36. The molecule has 2 aliphatic heterocycles. The zero-order chi connectivity index (χ0) is 25.6. The van der Waals surface area contributed by atoms with E-state index in [1.807, 2.05) is 19.9 Å². The molecule has 10 heteroatoms. The van der Waals surface area contributed by atoms with Crippen molar-refractivity contribution in [3.8, 4) is 0 Å². The van der Waals surface area contributed by atoms with Gasteiger partial charge in [-0.1, -0.05) is 29.3 Å². The molecule has 3 fully saturated rings. The van der Waals surface area contributed by atoms with Gasteiger partial charge in [-0.2, -0.15) is 4.98 Å². The molecule has 1 aliphatic carbocycles. The number of nitrogens with one attached hydrogen (secondary N) is 1. The predicted molar refractivity (Wildman–Crippen MR) is 139 cm³/mol. The lowest BCUT2D eigenvalue weighted by Gasteiger charge is -2.52. The molecule has 2 saturated heterocycles. The van der Waals surface area contributed by atoms with E-state index in [0.717, 1.165) is 51.0 Å². The number of rotatable bonds is 7. The highest BCUT2D eigenvalue weighted by molar-refractivity contribution is 6.35. The van der Waals surface area contributed by atoms with Crippen molar-refractivity contribution in [2.75, 3.05) is 36.4 Å². The molecular weight excluding hydrogens is 504 g/mol. The molecule has 194 valence electrons. The van der Waals surface area contributed by atoms with Crippen LogP contribution in [0.3, 0.4) is 0 Å². The van der Waals surface area contributed by atoms with Crippen LogP contribution in [0.25, 0.3) is 0 Å². The number of carboxylic acids is 1. The average molecular weight is 536 g/mol. The summed E-state index contributed by atoms with van der Waals surface area (Å²) >= 11 is 12.3. The summed E-state index contributed by atoms with van der Waals surface area (Å²) in [4.78, 5) is 24.8. The quantitative estimate of drug-likeness (QED) is 0.484. The van der Waals surface area contributed by atoms with Crippen LogP contribution >= 0.6 is 23.2 Å². The highest BCUT2D eigenvalue weighted by Crippen LogP contribution is 2.45. The van der Waals surface area contributed by atoms with Crippen LogP contribution < -0.4 is 10.2 Å². The number of aliphatic carboxylic acids is 1. The van der Waals surface area contributed by atoms with E-state index in [0.29, 0.717) is 33.9 Å². The molecule has 5 rings (SSSR count). The van der Waals surface area contributed by atoms with Crippen LogP contribution in [0.4, 0.5) is 16.2 Å². The summed E-state index contributed by atoms with van der Waals surface area (Å²) in [5, 5.41) is 13.6. The molecule has 3 heterocycles. The van der Waals surface area contributed by atoms with Crippen molar-refractivity contribution >= 4 is 40.9 Å². The zero-order valence-corrected chi connectivity index (χ0v) is 22.1. The van der Waals surface area contributed by atoms with E-state index in [1.54, 1.807) is 12.1 Å². The Hall–Kier alpha value is -2.16. The Kier molecular flexibility index (Phi) is 7.05. The number of carbonyl (C=O) groups is 1. The molecule has 0 amide bonds. The number of piperidine rings is 1. The van der Waals surface area contributed by atoms with Crippen molar-refractivity contribution in [1.82, 2.24) is 14.9 Å². The molecule has 2 aromatic rings. The summed E-state index contributed by atoms with van der Waals surface area (Å²) in [5.41, 5.74) is 0.244. The molecule has 1 aromatic carbocycles. The second-order valence-electron chi connectivity index (χ2n) is 10.9. The van der Waals surface area contributed by atoms with Crippen molar-refractivity contribution < 1.29 is 14.3 Å². The fourth-order valence-corrected chi connectivity index (χ4v) is 6.46. The number of likely N-dealkylation sites (tertiary alicyclic amines) is 1. The van der Waals surface area contributed by atoms with Gasteiger partial charge in [-0.3, -0.25) is 4.79 Å². The van der Waals surface area contributed by atoms with E-state index >= 15 is 0 Å². The molecule has 1 aromatic heterocycles. The molecular formula is C26H32Cl2FN5O2. The predicted octanol–water partition coefficient (Wildman–Crippen LogP) is 5.50. The Morgan fingerprint density at radius 3 is 2.69 bits per heavy atom. The number of nitrogens with zero attached hydrogens (tertiary/aromatic N) is 4. The van der Waals surface area contributed by atoms with Gasteiger partial charge in [-0.15, -0.1) is 0 Å². The Morgan fingerprint density at radius 1 is 1.25 bits per heavy atom. The molecule has 2 atom stereocenters. The molecule has 0 radical (unpaired) electrons. The SMILES string of the molecule is CC(Nc1nc(N2CC(C3CCCN(C4CC(C)(C(=O)O)C4)C3)C2)ncc1F)c1ccc(Cl)cc1Cl. The number of aromatic nitrogens is 2. The Bertz CT molecular complexity index is 1140. The van der Waals surface area contributed by atoms with E-state index in [4.69, 9.17) is 23.2 Å². The molecule has 2 unspecified atom stereocenters. The van der Waals surface area contributed by atoms with Gasteiger partial charge in [0.2, 0.25) is 5.95 Å². The van der Waals surface area contributed by atoms with Crippen molar-refractivity contribution in [3.05, 3.63) is 45.8 Å². The third-order valence-electron chi connectivity index (χ3n) is 8.27. The number of hydrogen-bond acceptors (Lipinski definition) is 6. The highest BCUT2D eigenvalue weighted by Gasteiger charge is 2.49. The minimum atomic E-state index is -0.680. The van der Waals surface area contributed by atoms with Gasteiger partial charge in [0.25, 0.3) is 0 Å². The maximum atomic E-state index is 14.5. The first-order chi connectivity index (χ1) is 17.1. The van der Waals surface area contributed by atoms with Crippen LogP contribution in [0, 0.1) is 23.1 Å². The van der Waals surface area contributed by atoms with Gasteiger partial charge in [0.05, 0.1) is 17.7 Å². The molecule has 36 heavy (non-hydrogen) atoms. The monoisotopic (exact) mass is 535 g/mol. The normalized spacial score (nSPS) is 27.8. The van der Waals surface area contributed by atoms with Gasteiger partial charge >= 0.3 is 5.97 Å². The average Bonchev–Trinajstić information content (AvgIpc) is 2.78. The highest BCUT2D eigenvalue weighted by atomic mass is 35.5. The summed E-state index contributed by atoms with van der Waals surface area (Å²) in [7, 11) is 0. The number of benzene rings is 1. The maximum Gasteiger partial charge on any atom is 0.309 e. The van der Waals surface area contributed by atoms with Gasteiger partial charge in [-0.25, -0.2) is 9.37 Å². The largest absolute Gasteiger partial charge is 0.481 e. The minimum Gasteiger partial charge on any atom is -0.481 e. The Balaban J connectivity index is 1.17. The molecule has 1 saturated carbocycles. The Morgan fingerprint density at radius 2 is 2.00 bits per heavy atom. The lowest BCUT2D eigenvalue weighted by atomic mass is 9.65. The zero-order valence-electron chi connectivity index (χ0n) is 20.6. The van der Waals surface area contributed by atoms with E-state index in [9.17, 15) is 14.3 Å². The fraction of sp³-hybridized carbons (Fsp3) is 0.577. The summed E-state index contributed by atoms with van der Waals surface area (Å²) in [6.45, 7) is 7.52. The fourth-order valence-electron chi connectivity index (χ4n) is 5.89. The molecule has 2 N–H and O–H groups in total. The molecule has 0 spiro atoms. The lowest BCUT2D eigenvalue weighted by molar-refractivity contribution is -0.158. The topological polar surface area (TPSA) is 81.6 Å². The van der Waals surface area contributed by atoms with Gasteiger partial charge in [0, 0.05) is 35.7 Å². The van der Waals surface area contributed by atoms with E-state index in [1.165, 1.54) is 12.6 Å². The van der Waals surface area contributed by atoms with Crippen LogP contribution in [-0.2, 0) is 4.79 Å². The van der Waals surface area contributed by atoms with Crippen LogP contribution in [0.5, 0.6) is 0 Å². The van der Waals surface area contributed by atoms with Crippen molar-refractivity contribution in [2.45, 2.75) is 51.6 Å². The van der Waals surface area contributed by atoms with Crippen LogP contribution in [0.2, 0.25) is 10.0 Å². The minimum absolute atomic E-state index is 0.150. The first-order valence-electron chi connectivity index (χ1n) is 12.6. The van der Waals surface area contributed by atoms with E-state index < -0.39 is 17.2 Å². The first-order valence-corrected chi connectivity index (χ1v) is 13.3. The summed E-state index contributed by atoms with van der Waals surface area (Å²) in [5.74, 6) is 0.600. The second kappa shape index (κ2) is 9.95. The molecule has 0 bridgehead atoms. The third kappa shape index (κ3) is 5.00. The number of halogens is 3.